The Balaban J connectivity index is 2.33. The molecule has 0 aliphatic heterocycles. The Hall–Kier alpha value is -2.18. The molecule has 1 amide bonds. The van der Waals surface area contributed by atoms with Crippen molar-refractivity contribution in [3.63, 3.8) is 0 Å². The number of hydrogen-bond donors (Lipinski definition) is 3. The molecule has 108 valence electrons. The molecule has 4 nitrogen and oxygen atoms in total. The predicted octanol–water partition coefficient (Wildman–Crippen LogP) is 3.07. The molecule has 0 saturated heterocycles. The van der Waals surface area contributed by atoms with Crippen molar-refractivity contribution in [2.45, 2.75) is 0 Å². The topological polar surface area (TPSA) is 75.3 Å². The highest BCUT2D eigenvalue weighted by atomic mass is 35.5. The SMILES string of the molecule is NC(=S)c1ccc(Cl)c(NC(=O)c2cc(F)ccc2O)c1. The van der Waals surface area contributed by atoms with Crippen LogP contribution in [0.15, 0.2) is 36.4 Å². The molecule has 4 N–H and O–H groups in total. The Bertz CT molecular complexity index is 737. The molecule has 0 atom stereocenters. The van der Waals surface area contributed by atoms with Crippen molar-refractivity contribution in [3.8, 4) is 5.75 Å². The van der Waals surface area contributed by atoms with Crippen molar-refractivity contribution in [2.75, 3.05) is 5.32 Å². The predicted molar refractivity (Wildman–Crippen MR) is 83.4 cm³/mol. The second kappa shape index (κ2) is 6.07. The van der Waals surface area contributed by atoms with Crippen LogP contribution >= 0.6 is 23.8 Å². The number of hydrogen-bond acceptors (Lipinski definition) is 3. The molecular formula is C14H10ClFN2O2S. The molecule has 0 aliphatic carbocycles. The zero-order chi connectivity index (χ0) is 15.6. The van der Waals surface area contributed by atoms with Crippen LogP contribution in [0.5, 0.6) is 5.75 Å². The number of carbonyl (C=O) groups excluding carboxylic acids is 1. The van der Waals surface area contributed by atoms with E-state index in [0.29, 0.717) is 5.56 Å². The number of phenolic OH excluding ortho intramolecular Hbond substituents is 1. The molecule has 0 fully saturated rings. The van der Waals surface area contributed by atoms with Gasteiger partial charge in [0.05, 0.1) is 16.3 Å². The van der Waals surface area contributed by atoms with Gasteiger partial charge in [-0.05, 0) is 30.3 Å². The van der Waals surface area contributed by atoms with Gasteiger partial charge in [0.1, 0.15) is 16.6 Å². The average Bonchev–Trinajstić information content (AvgIpc) is 2.43. The third kappa shape index (κ3) is 3.48. The minimum Gasteiger partial charge on any atom is -0.507 e. The number of halogens is 2. The van der Waals surface area contributed by atoms with Gasteiger partial charge >= 0.3 is 0 Å². The van der Waals surface area contributed by atoms with Crippen molar-refractivity contribution >= 4 is 40.4 Å². The molecule has 0 spiro atoms. The second-order valence-electron chi connectivity index (χ2n) is 4.17. The summed E-state index contributed by atoms with van der Waals surface area (Å²) in [5.41, 5.74) is 6.08. The van der Waals surface area contributed by atoms with E-state index >= 15 is 0 Å². The highest BCUT2D eigenvalue weighted by Gasteiger charge is 2.14. The first kappa shape index (κ1) is 15.2. The number of thiocarbonyl (C=S) groups is 1. The monoisotopic (exact) mass is 324 g/mol. The maximum absolute atomic E-state index is 13.1. The van der Waals surface area contributed by atoms with E-state index in [2.05, 4.69) is 5.32 Å². The summed E-state index contributed by atoms with van der Waals surface area (Å²) in [5, 5.41) is 12.3. The van der Waals surface area contributed by atoms with Crippen LogP contribution in [-0.2, 0) is 0 Å². The zero-order valence-corrected chi connectivity index (χ0v) is 12.1. The van der Waals surface area contributed by atoms with Gasteiger partial charge in [-0.15, -0.1) is 0 Å². The molecule has 0 radical (unpaired) electrons. The summed E-state index contributed by atoms with van der Waals surface area (Å²) in [5.74, 6) is -1.68. The van der Waals surface area contributed by atoms with Crippen molar-refractivity contribution in [2.24, 2.45) is 5.73 Å². The van der Waals surface area contributed by atoms with E-state index in [1.807, 2.05) is 0 Å². The van der Waals surface area contributed by atoms with E-state index in [-0.39, 0.29) is 27.0 Å². The smallest absolute Gasteiger partial charge is 0.259 e. The highest BCUT2D eigenvalue weighted by molar-refractivity contribution is 7.80. The number of carbonyl (C=O) groups is 1. The fraction of sp³-hybridized carbons (Fsp3) is 0. The molecule has 0 aliphatic rings. The van der Waals surface area contributed by atoms with Crippen LogP contribution in [0.4, 0.5) is 10.1 Å². The molecule has 0 aromatic heterocycles. The normalized spacial score (nSPS) is 10.2. The second-order valence-corrected chi connectivity index (χ2v) is 5.02. The summed E-state index contributed by atoms with van der Waals surface area (Å²) in [7, 11) is 0. The molecule has 0 bridgehead atoms. The van der Waals surface area contributed by atoms with Crippen LogP contribution in [0.2, 0.25) is 5.02 Å². The van der Waals surface area contributed by atoms with Gasteiger partial charge in [-0.2, -0.15) is 0 Å². The van der Waals surface area contributed by atoms with E-state index in [1.54, 1.807) is 6.07 Å². The maximum atomic E-state index is 13.1. The quantitative estimate of drug-likeness (QED) is 0.758. The summed E-state index contributed by atoms with van der Waals surface area (Å²) in [6.07, 6.45) is 0. The Morgan fingerprint density at radius 1 is 1.29 bits per heavy atom. The highest BCUT2D eigenvalue weighted by Crippen LogP contribution is 2.25. The number of amides is 1. The van der Waals surface area contributed by atoms with Gasteiger partial charge in [-0.3, -0.25) is 4.79 Å². The molecule has 2 rings (SSSR count). The van der Waals surface area contributed by atoms with Crippen molar-refractivity contribution in [1.29, 1.82) is 0 Å². The number of nitrogens with two attached hydrogens (primary N) is 1. The van der Waals surface area contributed by atoms with Crippen LogP contribution in [0.25, 0.3) is 0 Å². The molecule has 0 heterocycles. The number of phenols is 1. The fourth-order valence-corrected chi connectivity index (χ4v) is 1.95. The van der Waals surface area contributed by atoms with Crippen LogP contribution < -0.4 is 11.1 Å². The van der Waals surface area contributed by atoms with Gasteiger partial charge in [0.25, 0.3) is 5.91 Å². The fourth-order valence-electron chi connectivity index (χ4n) is 1.65. The molecule has 7 heteroatoms. The Morgan fingerprint density at radius 3 is 2.67 bits per heavy atom. The van der Waals surface area contributed by atoms with E-state index < -0.39 is 11.7 Å². The third-order valence-corrected chi connectivity index (χ3v) is 3.27. The minimum absolute atomic E-state index is 0.149. The summed E-state index contributed by atoms with van der Waals surface area (Å²) in [6.45, 7) is 0. The molecule has 21 heavy (non-hydrogen) atoms. The van der Waals surface area contributed by atoms with Crippen molar-refractivity contribution in [3.05, 3.63) is 58.4 Å². The Morgan fingerprint density at radius 2 is 2.00 bits per heavy atom. The van der Waals surface area contributed by atoms with Crippen LogP contribution in [-0.4, -0.2) is 16.0 Å². The van der Waals surface area contributed by atoms with Crippen molar-refractivity contribution < 1.29 is 14.3 Å². The molecule has 2 aromatic rings. The van der Waals surface area contributed by atoms with Gasteiger partial charge < -0.3 is 16.2 Å². The number of benzene rings is 2. The summed E-state index contributed by atoms with van der Waals surface area (Å²) in [6, 6.07) is 7.70. The standard InChI is InChI=1S/C14H10ClFN2O2S/c15-10-3-1-7(13(17)21)5-11(10)18-14(20)9-6-8(16)2-4-12(9)19/h1-6,19H,(H2,17,21)(H,18,20). The van der Waals surface area contributed by atoms with Gasteiger partial charge in [0.2, 0.25) is 0 Å². The lowest BCUT2D eigenvalue weighted by Crippen LogP contribution is -2.14. The van der Waals surface area contributed by atoms with Crippen LogP contribution in [0.1, 0.15) is 15.9 Å². The van der Waals surface area contributed by atoms with Gasteiger partial charge in [0.15, 0.2) is 0 Å². The number of anilines is 1. The molecule has 0 saturated carbocycles. The van der Waals surface area contributed by atoms with Crippen LogP contribution in [0, 0.1) is 5.82 Å². The van der Waals surface area contributed by atoms with E-state index in [9.17, 15) is 14.3 Å². The van der Waals surface area contributed by atoms with Gasteiger partial charge in [-0.25, -0.2) is 4.39 Å². The molecule has 2 aromatic carbocycles. The first-order valence-corrected chi connectivity index (χ1v) is 6.56. The minimum atomic E-state index is -0.700. The van der Waals surface area contributed by atoms with E-state index in [0.717, 1.165) is 18.2 Å². The lowest BCUT2D eigenvalue weighted by Gasteiger charge is -2.10. The maximum Gasteiger partial charge on any atom is 0.259 e. The number of nitrogens with one attached hydrogen (secondary N) is 1. The van der Waals surface area contributed by atoms with Crippen LogP contribution in [0.3, 0.4) is 0 Å². The van der Waals surface area contributed by atoms with E-state index in [1.165, 1.54) is 12.1 Å². The third-order valence-electron chi connectivity index (χ3n) is 2.70. The zero-order valence-electron chi connectivity index (χ0n) is 10.6. The first-order chi connectivity index (χ1) is 9.88. The molecular weight excluding hydrogens is 315 g/mol. The summed E-state index contributed by atoms with van der Waals surface area (Å²) in [4.78, 5) is 12.2. The first-order valence-electron chi connectivity index (χ1n) is 5.77. The van der Waals surface area contributed by atoms with E-state index in [4.69, 9.17) is 29.6 Å². The lowest BCUT2D eigenvalue weighted by molar-refractivity contribution is 0.102. The summed E-state index contributed by atoms with van der Waals surface area (Å²) < 4.78 is 13.1. The average molecular weight is 325 g/mol. The Labute approximate surface area is 130 Å². The van der Waals surface area contributed by atoms with Gasteiger partial charge in [0, 0.05) is 5.56 Å². The lowest BCUT2D eigenvalue weighted by atomic mass is 10.1. The number of aromatic hydroxyl groups is 1. The van der Waals surface area contributed by atoms with Crippen molar-refractivity contribution in [1.82, 2.24) is 0 Å². The summed E-state index contributed by atoms with van der Waals surface area (Å²) >= 11 is 10.8. The largest absolute Gasteiger partial charge is 0.507 e. The Kier molecular flexibility index (Phi) is 4.40. The van der Waals surface area contributed by atoms with Gasteiger partial charge in [-0.1, -0.05) is 29.9 Å². The number of rotatable bonds is 3. The molecule has 0 unspecified atom stereocenters.